The molecule has 1 unspecified atom stereocenters. The molecule has 3 nitrogen and oxygen atoms in total. The normalized spacial score (nSPS) is 16.5. The molecule has 122 valence electrons. The molecule has 0 amide bonds. The van der Waals surface area contributed by atoms with Crippen LogP contribution < -0.4 is 9.64 Å². The molecular formula is C18H20FNO2S. The zero-order valence-corrected chi connectivity index (χ0v) is 14.1. The van der Waals surface area contributed by atoms with Crippen LogP contribution in [0.5, 0.6) is 5.75 Å². The summed E-state index contributed by atoms with van der Waals surface area (Å²) in [6.07, 6.45) is 0.735. The number of rotatable bonds is 6. The van der Waals surface area contributed by atoms with Crippen molar-refractivity contribution >= 4 is 23.1 Å². The van der Waals surface area contributed by atoms with E-state index in [1.807, 2.05) is 29.2 Å². The van der Waals surface area contributed by atoms with Gasteiger partial charge in [0, 0.05) is 25.0 Å². The molecule has 5 heteroatoms. The Labute approximate surface area is 140 Å². The van der Waals surface area contributed by atoms with Crippen molar-refractivity contribution in [2.75, 3.05) is 25.2 Å². The third kappa shape index (κ3) is 3.31. The lowest BCUT2D eigenvalue weighted by Gasteiger charge is -2.25. The molecule has 1 aliphatic rings. The minimum atomic E-state index is -0.311. The number of ether oxygens (including phenoxy) is 2. The van der Waals surface area contributed by atoms with Gasteiger partial charge >= 0.3 is 0 Å². The second kappa shape index (κ2) is 7.23. The van der Waals surface area contributed by atoms with Crippen LogP contribution in [-0.4, -0.2) is 25.7 Å². The molecule has 2 aromatic carbocycles. The van der Waals surface area contributed by atoms with Gasteiger partial charge in [-0.15, -0.1) is 0 Å². The van der Waals surface area contributed by atoms with E-state index >= 15 is 0 Å². The minimum absolute atomic E-state index is 0.144. The predicted molar refractivity (Wildman–Crippen MR) is 92.3 cm³/mol. The van der Waals surface area contributed by atoms with Gasteiger partial charge in [0.1, 0.15) is 0 Å². The second-order valence-electron chi connectivity index (χ2n) is 5.34. The topological polar surface area (TPSA) is 21.7 Å². The average molecular weight is 333 g/mol. The van der Waals surface area contributed by atoms with Gasteiger partial charge in [-0.3, -0.25) is 0 Å². The van der Waals surface area contributed by atoms with Gasteiger partial charge in [-0.2, -0.15) is 0 Å². The molecule has 23 heavy (non-hydrogen) atoms. The summed E-state index contributed by atoms with van der Waals surface area (Å²) < 4.78 is 25.5. The average Bonchev–Trinajstić information content (AvgIpc) is 2.89. The molecule has 0 aliphatic carbocycles. The molecule has 0 saturated heterocycles. The van der Waals surface area contributed by atoms with E-state index in [1.54, 1.807) is 31.0 Å². The lowest BCUT2D eigenvalue weighted by molar-refractivity contribution is 0.170. The summed E-state index contributed by atoms with van der Waals surface area (Å²) in [5, 5.41) is 0.144. The highest BCUT2D eigenvalue weighted by atomic mass is 32.2. The van der Waals surface area contributed by atoms with Gasteiger partial charge in [0.15, 0.2) is 11.6 Å². The first-order valence-electron chi connectivity index (χ1n) is 7.67. The van der Waals surface area contributed by atoms with E-state index in [9.17, 15) is 4.39 Å². The predicted octanol–water partition coefficient (Wildman–Crippen LogP) is 4.83. The van der Waals surface area contributed by atoms with Crippen molar-refractivity contribution in [3.05, 3.63) is 48.3 Å². The summed E-state index contributed by atoms with van der Waals surface area (Å²) in [6.45, 7) is 3.12. The van der Waals surface area contributed by atoms with E-state index in [0.29, 0.717) is 24.7 Å². The summed E-state index contributed by atoms with van der Waals surface area (Å²) >= 11 is 1.73. The third-order valence-electron chi connectivity index (χ3n) is 3.74. The van der Waals surface area contributed by atoms with E-state index in [0.717, 1.165) is 12.1 Å². The Bertz CT molecular complexity index is 680. The maximum absolute atomic E-state index is 14.9. The van der Waals surface area contributed by atoms with Crippen LogP contribution in [0.15, 0.2) is 47.4 Å². The van der Waals surface area contributed by atoms with Crippen LogP contribution in [0.3, 0.4) is 0 Å². The molecule has 1 heterocycles. The number of nitrogens with zero attached hydrogens (tertiary/aromatic N) is 1. The zero-order valence-electron chi connectivity index (χ0n) is 13.3. The van der Waals surface area contributed by atoms with Gasteiger partial charge < -0.3 is 14.4 Å². The summed E-state index contributed by atoms with van der Waals surface area (Å²) in [5.41, 5.74) is 1.60. The number of hydrogen-bond donors (Lipinski definition) is 0. The molecule has 0 aromatic heterocycles. The molecule has 2 aromatic rings. The lowest BCUT2D eigenvalue weighted by atomic mass is 10.2. The Hall–Kier alpha value is -1.72. The van der Waals surface area contributed by atoms with Crippen molar-refractivity contribution in [3.8, 4) is 5.75 Å². The molecule has 3 rings (SSSR count). The largest absolute Gasteiger partial charge is 0.490 e. The van der Waals surface area contributed by atoms with E-state index in [-0.39, 0.29) is 11.2 Å². The Morgan fingerprint density at radius 1 is 1.09 bits per heavy atom. The van der Waals surface area contributed by atoms with Gasteiger partial charge in [0.05, 0.1) is 23.4 Å². The summed E-state index contributed by atoms with van der Waals surface area (Å²) in [5.74, 6) is -0.0192. The molecule has 0 spiro atoms. The van der Waals surface area contributed by atoms with Crippen LogP contribution in [0.2, 0.25) is 0 Å². The Balaban J connectivity index is 1.86. The number of para-hydroxylation sites is 1. The number of hydrogen-bond acceptors (Lipinski definition) is 4. The van der Waals surface area contributed by atoms with Crippen LogP contribution in [0, 0.1) is 5.82 Å². The standard InChI is InChI=1S/C18H20FNO2S/c1-13-20(14-7-3-4-10-17(14)23-13)15-8-5-9-16(18(15)19)22-12-6-11-21-2/h3-5,7-10,13H,6,11-12H2,1-2H3. The first-order valence-corrected chi connectivity index (χ1v) is 8.55. The lowest BCUT2D eigenvalue weighted by Crippen LogP contribution is -2.22. The van der Waals surface area contributed by atoms with Gasteiger partial charge in [-0.05, 0) is 31.2 Å². The number of benzene rings is 2. The number of thioether (sulfide) groups is 1. The first-order chi connectivity index (χ1) is 11.2. The fourth-order valence-corrected chi connectivity index (χ4v) is 3.84. The van der Waals surface area contributed by atoms with Crippen LogP contribution in [0.4, 0.5) is 15.8 Å². The van der Waals surface area contributed by atoms with Gasteiger partial charge in [-0.1, -0.05) is 30.0 Å². The molecule has 1 atom stereocenters. The highest BCUT2D eigenvalue weighted by Crippen LogP contribution is 2.48. The van der Waals surface area contributed by atoms with E-state index in [2.05, 4.69) is 13.0 Å². The summed E-state index contributed by atoms with van der Waals surface area (Å²) in [6, 6.07) is 13.4. The summed E-state index contributed by atoms with van der Waals surface area (Å²) in [7, 11) is 1.64. The molecule has 0 fully saturated rings. The Kier molecular flexibility index (Phi) is 5.08. The third-order valence-corrected chi connectivity index (χ3v) is 4.89. The fraction of sp³-hybridized carbons (Fsp3) is 0.333. The van der Waals surface area contributed by atoms with Gasteiger partial charge in [0.25, 0.3) is 0 Å². The number of anilines is 2. The Morgan fingerprint density at radius 3 is 2.70 bits per heavy atom. The molecular weight excluding hydrogens is 313 g/mol. The molecule has 1 aliphatic heterocycles. The van der Waals surface area contributed by atoms with Crippen LogP contribution >= 0.6 is 11.8 Å². The number of halogens is 1. The first kappa shape index (κ1) is 16.1. The van der Waals surface area contributed by atoms with Crippen molar-refractivity contribution in [2.24, 2.45) is 0 Å². The van der Waals surface area contributed by atoms with Crippen molar-refractivity contribution in [3.63, 3.8) is 0 Å². The molecule has 0 radical (unpaired) electrons. The Morgan fingerprint density at radius 2 is 1.87 bits per heavy atom. The van der Waals surface area contributed by atoms with Crippen molar-refractivity contribution in [2.45, 2.75) is 23.6 Å². The second-order valence-corrected chi connectivity index (χ2v) is 6.70. The zero-order chi connectivity index (χ0) is 16.2. The minimum Gasteiger partial charge on any atom is -0.490 e. The van der Waals surface area contributed by atoms with E-state index in [1.165, 1.54) is 4.90 Å². The maximum Gasteiger partial charge on any atom is 0.188 e. The monoisotopic (exact) mass is 333 g/mol. The maximum atomic E-state index is 14.9. The van der Waals surface area contributed by atoms with Crippen LogP contribution in [-0.2, 0) is 4.74 Å². The molecule has 0 bridgehead atoms. The van der Waals surface area contributed by atoms with E-state index < -0.39 is 0 Å². The number of methoxy groups -OCH3 is 1. The summed E-state index contributed by atoms with van der Waals surface area (Å²) in [4.78, 5) is 3.20. The fourth-order valence-electron chi connectivity index (χ4n) is 2.70. The number of fused-ring (bicyclic) bond motifs is 1. The highest BCUT2D eigenvalue weighted by molar-refractivity contribution is 8.00. The van der Waals surface area contributed by atoms with E-state index in [4.69, 9.17) is 9.47 Å². The molecule has 0 N–H and O–H groups in total. The van der Waals surface area contributed by atoms with Crippen LogP contribution in [0.1, 0.15) is 13.3 Å². The van der Waals surface area contributed by atoms with Crippen molar-refractivity contribution in [1.29, 1.82) is 0 Å². The smallest absolute Gasteiger partial charge is 0.188 e. The van der Waals surface area contributed by atoms with Crippen LogP contribution in [0.25, 0.3) is 0 Å². The van der Waals surface area contributed by atoms with Gasteiger partial charge in [-0.25, -0.2) is 4.39 Å². The van der Waals surface area contributed by atoms with Gasteiger partial charge in [0.2, 0.25) is 0 Å². The SMILES string of the molecule is COCCCOc1cccc(N2c3ccccc3SC2C)c1F. The quantitative estimate of drug-likeness (QED) is 0.706. The highest BCUT2D eigenvalue weighted by Gasteiger charge is 2.30. The van der Waals surface area contributed by atoms with Crippen molar-refractivity contribution < 1.29 is 13.9 Å². The molecule has 0 saturated carbocycles. The van der Waals surface area contributed by atoms with Crippen molar-refractivity contribution in [1.82, 2.24) is 0 Å².